The molecule has 4 heteroatoms. The first-order valence-corrected chi connectivity index (χ1v) is 12.1. The highest BCUT2D eigenvalue weighted by Gasteiger charge is 2.29. The van der Waals surface area contributed by atoms with E-state index >= 15 is 0 Å². The molecule has 4 aromatic carbocycles. The molecule has 0 unspecified atom stereocenters. The lowest BCUT2D eigenvalue weighted by atomic mass is 10.1. The number of halogens is 1. The predicted octanol–water partition coefficient (Wildman–Crippen LogP) is 6.91. The van der Waals surface area contributed by atoms with Crippen molar-refractivity contribution in [1.82, 2.24) is 0 Å². The van der Waals surface area contributed by atoms with Crippen LogP contribution in [0.5, 0.6) is 0 Å². The normalized spacial score (nSPS) is 10.9. The number of ether oxygens (including phenoxy) is 1. The van der Waals surface area contributed by atoms with E-state index in [1.807, 2.05) is 48.5 Å². The van der Waals surface area contributed by atoms with E-state index in [2.05, 4.69) is 36.1 Å². The summed E-state index contributed by atoms with van der Waals surface area (Å²) in [6.45, 7) is 3.47. The van der Waals surface area contributed by atoms with E-state index in [-0.39, 0.29) is 16.7 Å². The molecule has 2 nitrogen and oxygen atoms in total. The summed E-state index contributed by atoms with van der Waals surface area (Å²) in [5.41, 5.74) is 0.122. The van der Waals surface area contributed by atoms with E-state index in [9.17, 15) is 9.18 Å². The quantitative estimate of drug-likeness (QED) is 0.181. The molecule has 0 amide bonds. The van der Waals surface area contributed by atoms with Gasteiger partial charge in [0.1, 0.15) is 5.82 Å². The fourth-order valence-corrected chi connectivity index (χ4v) is 5.40. The van der Waals surface area contributed by atoms with Crippen molar-refractivity contribution < 1.29 is 13.9 Å². The Morgan fingerprint density at radius 2 is 1.24 bits per heavy atom. The van der Waals surface area contributed by atoms with Crippen molar-refractivity contribution in [3.63, 3.8) is 0 Å². The van der Waals surface area contributed by atoms with Gasteiger partial charge >= 0.3 is 5.97 Å². The Morgan fingerprint density at radius 1 is 0.735 bits per heavy atom. The monoisotopic (exact) mass is 467 g/mol. The highest BCUT2D eigenvalue weighted by molar-refractivity contribution is 7.97. The average molecular weight is 468 g/mol. The van der Waals surface area contributed by atoms with Gasteiger partial charge in [0.2, 0.25) is 0 Å². The van der Waals surface area contributed by atoms with Crippen molar-refractivity contribution in [2.75, 3.05) is 0 Å². The standard InChI is InChI=1S/C30H24FO2S/c1-30(2,22-21-23-13-17-25(31)18-14-23)33-29(32)24-15-19-28(20-16-24)34(26-9-5-3-6-10-26)27-11-7-4-8-12-27/h3-20H,1-2H3/q+1. The van der Waals surface area contributed by atoms with Crippen LogP contribution < -0.4 is 0 Å². The van der Waals surface area contributed by atoms with Crippen LogP contribution >= 0.6 is 0 Å². The number of carbonyl (C=O) groups is 1. The molecule has 0 N–H and O–H groups in total. The summed E-state index contributed by atoms with van der Waals surface area (Å²) >= 11 is 0. The number of carbonyl (C=O) groups excluding carboxylic acids is 1. The molecule has 4 rings (SSSR count). The van der Waals surface area contributed by atoms with Crippen LogP contribution in [-0.2, 0) is 15.6 Å². The number of rotatable bonds is 5. The van der Waals surface area contributed by atoms with E-state index in [4.69, 9.17) is 4.74 Å². The maximum atomic E-state index is 13.1. The van der Waals surface area contributed by atoms with Crippen LogP contribution in [0.25, 0.3) is 0 Å². The van der Waals surface area contributed by atoms with E-state index in [0.29, 0.717) is 11.1 Å². The molecule has 0 aliphatic carbocycles. The zero-order valence-electron chi connectivity index (χ0n) is 19.0. The van der Waals surface area contributed by atoms with Crippen LogP contribution in [0, 0.1) is 17.7 Å². The van der Waals surface area contributed by atoms with Gasteiger partial charge in [-0.1, -0.05) is 48.2 Å². The van der Waals surface area contributed by atoms with Gasteiger partial charge in [-0.15, -0.1) is 0 Å². The zero-order chi connectivity index (χ0) is 24.0. The minimum absolute atomic E-state index is 0.282. The lowest BCUT2D eigenvalue weighted by Gasteiger charge is -2.19. The van der Waals surface area contributed by atoms with Crippen molar-refractivity contribution in [3.05, 3.63) is 126 Å². The van der Waals surface area contributed by atoms with Crippen LogP contribution in [-0.4, -0.2) is 11.6 Å². The Morgan fingerprint density at radius 3 is 1.76 bits per heavy atom. The van der Waals surface area contributed by atoms with Crippen LogP contribution in [0.1, 0.15) is 29.8 Å². The van der Waals surface area contributed by atoms with Crippen LogP contribution in [0.3, 0.4) is 0 Å². The van der Waals surface area contributed by atoms with Gasteiger partial charge in [0, 0.05) is 5.56 Å². The summed E-state index contributed by atoms with van der Waals surface area (Å²) in [6.07, 6.45) is 0. The van der Waals surface area contributed by atoms with Crippen LogP contribution in [0.15, 0.2) is 124 Å². The molecule has 0 bridgehead atoms. The van der Waals surface area contributed by atoms with Gasteiger partial charge in [0.15, 0.2) is 20.3 Å². The highest BCUT2D eigenvalue weighted by Crippen LogP contribution is 2.31. The second-order valence-corrected chi connectivity index (χ2v) is 10.1. The molecule has 0 aliphatic rings. The van der Waals surface area contributed by atoms with Crippen LogP contribution in [0.4, 0.5) is 4.39 Å². The molecule has 4 aromatic rings. The second-order valence-electron chi connectivity index (χ2n) is 8.11. The lowest BCUT2D eigenvalue weighted by molar-refractivity contribution is 0.0204. The minimum Gasteiger partial charge on any atom is -0.443 e. The Balaban J connectivity index is 1.53. The third-order valence-corrected chi connectivity index (χ3v) is 7.21. The summed E-state index contributed by atoms with van der Waals surface area (Å²) in [6, 6.07) is 34.1. The molecule has 168 valence electrons. The molecule has 0 fully saturated rings. The highest BCUT2D eigenvalue weighted by atomic mass is 32.2. The molecule has 0 atom stereocenters. The average Bonchev–Trinajstić information content (AvgIpc) is 2.85. The third kappa shape index (κ3) is 5.95. The van der Waals surface area contributed by atoms with E-state index in [1.54, 1.807) is 38.1 Å². The molecule has 0 saturated heterocycles. The van der Waals surface area contributed by atoms with Gasteiger partial charge in [0.05, 0.1) is 16.5 Å². The molecule has 0 aliphatic heterocycles. The van der Waals surface area contributed by atoms with Crippen molar-refractivity contribution in [2.45, 2.75) is 34.1 Å². The summed E-state index contributed by atoms with van der Waals surface area (Å²) in [7, 11) is -0.282. The summed E-state index contributed by atoms with van der Waals surface area (Å²) in [5.74, 6) is 5.13. The van der Waals surface area contributed by atoms with Gasteiger partial charge in [-0.05, 0) is 86.6 Å². The largest absolute Gasteiger partial charge is 0.443 e. The number of esters is 1. The SMILES string of the molecule is CC(C)(C#Cc1ccc(F)cc1)OC(=O)c1ccc([S+](c2ccccc2)c2ccccc2)cc1. The first-order chi connectivity index (χ1) is 16.4. The third-order valence-electron chi connectivity index (χ3n) is 4.98. The smallest absolute Gasteiger partial charge is 0.339 e. The van der Waals surface area contributed by atoms with Crippen LogP contribution in [0.2, 0.25) is 0 Å². The maximum Gasteiger partial charge on any atom is 0.339 e. The molecule has 0 saturated carbocycles. The Kier molecular flexibility index (Phi) is 7.15. The molecule has 34 heavy (non-hydrogen) atoms. The van der Waals surface area contributed by atoms with Gasteiger partial charge in [-0.3, -0.25) is 0 Å². The molecule has 0 spiro atoms. The molecular formula is C30H24FO2S+. The minimum atomic E-state index is -0.998. The van der Waals surface area contributed by atoms with E-state index in [0.717, 1.165) is 4.90 Å². The lowest BCUT2D eigenvalue weighted by Crippen LogP contribution is -2.26. The zero-order valence-corrected chi connectivity index (χ0v) is 19.8. The van der Waals surface area contributed by atoms with E-state index < -0.39 is 11.6 Å². The van der Waals surface area contributed by atoms with Gasteiger partial charge in [-0.2, -0.15) is 0 Å². The topological polar surface area (TPSA) is 26.3 Å². The number of hydrogen-bond acceptors (Lipinski definition) is 2. The maximum absolute atomic E-state index is 13.1. The molecular weight excluding hydrogens is 443 g/mol. The van der Waals surface area contributed by atoms with Crippen molar-refractivity contribution in [2.24, 2.45) is 0 Å². The summed E-state index contributed by atoms with van der Waals surface area (Å²) in [5, 5.41) is 0. The first kappa shape index (κ1) is 23.4. The molecule has 0 heterocycles. The Labute approximate surface area is 202 Å². The molecule has 0 radical (unpaired) electrons. The number of hydrogen-bond donors (Lipinski definition) is 0. The van der Waals surface area contributed by atoms with Gasteiger partial charge < -0.3 is 4.74 Å². The Bertz CT molecular complexity index is 1260. The van der Waals surface area contributed by atoms with E-state index in [1.165, 1.54) is 21.9 Å². The first-order valence-electron chi connectivity index (χ1n) is 10.9. The fraction of sp³-hybridized carbons (Fsp3) is 0.100. The summed E-state index contributed by atoms with van der Waals surface area (Å²) in [4.78, 5) is 16.3. The van der Waals surface area contributed by atoms with Crippen molar-refractivity contribution in [3.8, 4) is 11.8 Å². The summed E-state index contributed by atoms with van der Waals surface area (Å²) < 4.78 is 18.7. The van der Waals surface area contributed by atoms with Gasteiger partial charge in [-0.25, -0.2) is 9.18 Å². The fourth-order valence-electron chi connectivity index (χ4n) is 3.32. The molecule has 0 aromatic heterocycles. The van der Waals surface area contributed by atoms with Crippen molar-refractivity contribution >= 4 is 16.9 Å². The second kappa shape index (κ2) is 10.4. The predicted molar refractivity (Wildman–Crippen MR) is 134 cm³/mol. The van der Waals surface area contributed by atoms with Gasteiger partial charge in [0.25, 0.3) is 0 Å². The Hall–Kier alpha value is -3.81. The number of benzene rings is 4. The van der Waals surface area contributed by atoms with Crippen molar-refractivity contribution in [1.29, 1.82) is 0 Å².